The van der Waals surface area contributed by atoms with Gasteiger partial charge >= 0.3 is 0 Å². The molecule has 0 radical (unpaired) electrons. The van der Waals surface area contributed by atoms with E-state index in [2.05, 4.69) is 10.6 Å². The third-order valence-corrected chi connectivity index (χ3v) is 7.31. The summed E-state index contributed by atoms with van der Waals surface area (Å²) in [5.74, 6) is 0.295. The van der Waals surface area contributed by atoms with Crippen LogP contribution in [0.3, 0.4) is 0 Å². The number of anilines is 2. The van der Waals surface area contributed by atoms with Gasteiger partial charge in [0.2, 0.25) is 11.5 Å². The average Bonchev–Trinajstić information content (AvgIpc) is 3.10. The molecule has 4 aromatic rings. The van der Waals surface area contributed by atoms with Gasteiger partial charge in [0.05, 0.1) is 52.5 Å². The lowest BCUT2D eigenvalue weighted by Gasteiger charge is -2.14. The Balaban J connectivity index is 1.59. The normalized spacial score (nSPS) is 10.4. The van der Waals surface area contributed by atoms with E-state index in [1.54, 1.807) is 0 Å². The molecule has 256 valence electrons. The fourth-order valence-electron chi connectivity index (χ4n) is 4.96. The standard InChI is InChI=1S/C33H32N4O12/c1-44-26-12-20(13-27(45-2)30(26)48-5)32(38)34-22-9-7-18(24(16-22)36(40)41)11-19-8-10-23(17-25(19)37(42)43)35-33(39)21-14-28(46-3)31(49-6)29(15-21)47-4/h7-10,12-17H,11H2,1-6H3,(H,34,38)(H,35,39). The van der Waals surface area contributed by atoms with Gasteiger partial charge in [-0.05, 0) is 48.5 Å². The van der Waals surface area contributed by atoms with Crippen LogP contribution in [0.25, 0.3) is 0 Å². The largest absolute Gasteiger partial charge is 0.493 e. The average molecular weight is 677 g/mol. The van der Waals surface area contributed by atoms with Crippen molar-refractivity contribution in [3.05, 3.63) is 103 Å². The van der Waals surface area contributed by atoms with Crippen molar-refractivity contribution in [2.24, 2.45) is 0 Å². The molecule has 2 N–H and O–H groups in total. The van der Waals surface area contributed by atoms with Crippen LogP contribution in [0.5, 0.6) is 34.5 Å². The summed E-state index contributed by atoms with van der Waals surface area (Å²) in [6.07, 6.45) is -0.200. The first-order valence-corrected chi connectivity index (χ1v) is 14.3. The van der Waals surface area contributed by atoms with Crippen LogP contribution in [-0.4, -0.2) is 64.3 Å². The van der Waals surface area contributed by atoms with Gasteiger partial charge in [-0.25, -0.2) is 0 Å². The van der Waals surface area contributed by atoms with E-state index in [9.17, 15) is 29.8 Å². The highest BCUT2D eigenvalue weighted by atomic mass is 16.6. The van der Waals surface area contributed by atoms with E-state index in [1.165, 1.54) is 91.2 Å². The number of hydrogen-bond acceptors (Lipinski definition) is 12. The van der Waals surface area contributed by atoms with Gasteiger partial charge in [-0.2, -0.15) is 0 Å². The lowest BCUT2D eigenvalue weighted by atomic mass is 10.0. The number of carbonyl (C=O) groups excluding carboxylic acids is 2. The van der Waals surface area contributed by atoms with Crippen LogP contribution in [0.15, 0.2) is 60.7 Å². The molecule has 0 fully saturated rings. The molecule has 4 aromatic carbocycles. The number of benzene rings is 4. The minimum atomic E-state index is -0.651. The van der Waals surface area contributed by atoms with Gasteiger partial charge in [0.1, 0.15) is 0 Å². The minimum Gasteiger partial charge on any atom is -0.493 e. The Kier molecular flexibility index (Phi) is 11.0. The molecule has 16 heteroatoms. The predicted octanol–water partition coefficient (Wildman–Crippen LogP) is 5.65. The maximum Gasteiger partial charge on any atom is 0.275 e. The summed E-state index contributed by atoms with van der Waals surface area (Å²) in [4.78, 5) is 48.9. The maximum absolute atomic E-state index is 13.1. The first-order valence-electron chi connectivity index (χ1n) is 14.3. The number of nitrogens with zero attached hydrogens (tertiary/aromatic N) is 2. The third-order valence-electron chi connectivity index (χ3n) is 7.31. The fourth-order valence-corrected chi connectivity index (χ4v) is 4.96. The van der Waals surface area contributed by atoms with Crippen molar-refractivity contribution in [2.45, 2.75) is 6.42 Å². The van der Waals surface area contributed by atoms with Crippen LogP contribution >= 0.6 is 0 Å². The molecule has 0 aromatic heterocycles. The SMILES string of the molecule is COc1cc(C(=O)Nc2ccc(Cc3ccc(NC(=O)c4cc(OC)c(OC)c(OC)c4)cc3[N+](=O)[O-])c([N+](=O)[O-])c2)cc(OC)c1OC. The number of nitro groups is 2. The van der Waals surface area contributed by atoms with Crippen molar-refractivity contribution in [3.63, 3.8) is 0 Å². The number of amides is 2. The number of carbonyl (C=O) groups is 2. The maximum atomic E-state index is 13.1. The Bertz CT molecular complexity index is 1740. The highest BCUT2D eigenvalue weighted by Gasteiger charge is 2.23. The van der Waals surface area contributed by atoms with E-state index in [0.29, 0.717) is 0 Å². The molecule has 0 atom stereocenters. The second-order valence-electron chi connectivity index (χ2n) is 10.1. The monoisotopic (exact) mass is 676 g/mol. The minimum absolute atomic E-state index is 0.105. The summed E-state index contributed by atoms with van der Waals surface area (Å²) in [5, 5.41) is 29.3. The Morgan fingerprint density at radius 2 is 0.878 bits per heavy atom. The summed E-state index contributed by atoms with van der Waals surface area (Å²) in [5.41, 5.74) is 0.0143. The number of methoxy groups -OCH3 is 6. The summed E-state index contributed by atoms with van der Waals surface area (Å²) in [6, 6.07) is 13.7. The van der Waals surface area contributed by atoms with Crippen molar-refractivity contribution < 1.29 is 47.9 Å². The van der Waals surface area contributed by atoms with E-state index >= 15 is 0 Å². The van der Waals surface area contributed by atoms with Gasteiger partial charge in [-0.1, -0.05) is 0 Å². The summed E-state index contributed by atoms with van der Waals surface area (Å²) in [6.45, 7) is 0. The Morgan fingerprint density at radius 1 is 0.551 bits per heavy atom. The van der Waals surface area contributed by atoms with E-state index in [4.69, 9.17) is 28.4 Å². The Morgan fingerprint density at radius 3 is 1.14 bits per heavy atom. The van der Waals surface area contributed by atoms with Crippen LogP contribution in [0.1, 0.15) is 31.8 Å². The molecule has 2 amide bonds. The molecule has 49 heavy (non-hydrogen) atoms. The molecule has 0 saturated heterocycles. The molecule has 0 saturated carbocycles. The van der Waals surface area contributed by atoms with E-state index < -0.39 is 21.7 Å². The highest BCUT2D eigenvalue weighted by Crippen LogP contribution is 2.40. The second kappa shape index (κ2) is 15.3. The number of nitrogens with one attached hydrogen (secondary N) is 2. The van der Waals surface area contributed by atoms with E-state index in [1.807, 2.05) is 0 Å². The number of hydrogen-bond donors (Lipinski definition) is 2. The molecule has 0 aliphatic heterocycles. The van der Waals surface area contributed by atoms with Gasteiger partial charge in [-0.3, -0.25) is 29.8 Å². The van der Waals surface area contributed by atoms with Crippen molar-refractivity contribution >= 4 is 34.6 Å². The van der Waals surface area contributed by atoms with E-state index in [-0.39, 0.29) is 85.9 Å². The zero-order chi connectivity index (χ0) is 35.8. The van der Waals surface area contributed by atoms with Crippen molar-refractivity contribution in [1.29, 1.82) is 0 Å². The Labute approximate surface area is 279 Å². The van der Waals surface area contributed by atoms with Crippen LogP contribution < -0.4 is 39.1 Å². The molecule has 0 unspecified atom stereocenters. The lowest BCUT2D eigenvalue weighted by molar-refractivity contribution is -0.386. The third kappa shape index (κ3) is 7.70. The van der Waals surface area contributed by atoms with Gasteiger partial charge in [0.15, 0.2) is 23.0 Å². The molecular weight excluding hydrogens is 644 g/mol. The van der Waals surface area contributed by atoms with Crippen LogP contribution in [0.4, 0.5) is 22.7 Å². The molecule has 16 nitrogen and oxygen atoms in total. The van der Waals surface area contributed by atoms with Gasteiger partial charge in [-0.15, -0.1) is 0 Å². The zero-order valence-electron chi connectivity index (χ0n) is 27.3. The summed E-state index contributed by atoms with van der Waals surface area (Å²) in [7, 11) is 8.42. The molecule has 4 rings (SSSR count). The molecule has 0 aliphatic rings. The van der Waals surface area contributed by atoms with Crippen LogP contribution in [0, 0.1) is 20.2 Å². The fraction of sp³-hybridized carbons (Fsp3) is 0.212. The predicted molar refractivity (Wildman–Crippen MR) is 177 cm³/mol. The molecule has 0 bridgehead atoms. The Hall–Kier alpha value is -6.58. The topological polar surface area (TPSA) is 200 Å². The first kappa shape index (κ1) is 35.3. The molecule has 0 spiro atoms. The number of rotatable bonds is 14. The summed E-state index contributed by atoms with van der Waals surface area (Å²) >= 11 is 0. The molecule has 0 aliphatic carbocycles. The van der Waals surface area contributed by atoms with E-state index in [0.717, 1.165) is 12.1 Å². The molecule has 0 heterocycles. The smallest absolute Gasteiger partial charge is 0.275 e. The molecular formula is C33H32N4O12. The first-order chi connectivity index (χ1) is 23.5. The van der Waals surface area contributed by atoms with Gasteiger partial charge < -0.3 is 39.1 Å². The van der Waals surface area contributed by atoms with Gasteiger partial charge in [0, 0.05) is 52.2 Å². The zero-order valence-corrected chi connectivity index (χ0v) is 27.3. The number of ether oxygens (including phenoxy) is 6. The van der Waals surface area contributed by atoms with Crippen LogP contribution in [-0.2, 0) is 6.42 Å². The highest BCUT2D eigenvalue weighted by molar-refractivity contribution is 6.06. The second-order valence-corrected chi connectivity index (χ2v) is 10.1. The quantitative estimate of drug-likeness (QED) is 0.123. The summed E-state index contributed by atoms with van der Waals surface area (Å²) < 4.78 is 31.7. The van der Waals surface area contributed by atoms with Crippen molar-refractivity contribution in [2.75, 3.05) is 53.3 Å². The lowest BCUT2D eigenvalue weighted by Crippen LogP contribution is -2.13. The van der Waals surface area contributed by atoms with Crippen LogP contribution in [0.2, 0.25) is 0 Å². The van der Waals surface area contributed by atoms with Crippen molar-refractivity contribution in [1.82, 2.24) is 0 Å². The van der Waals surface area contributed by atoms with Crippen molar-refractivity contribution in [3.8, 4) is 34.5 Å². The number of nitro benzene ring substituents is 2. The van der Waals surface area contributed by atoms with Gasteiger partial charge in [0.25, 0.3) is 23.2 Å².